The van der Waals surface area contributed by atoms with Gasteiger partial charge in [-0.25, -0.2) is 9.97 Å². The first kappa shape index (κ1) is 16.2. The van der Waals surface area contributed by atoms with Crippen LogP contribution in [0.2, 0.25) is 10.0 Å². The van der Waals surface area contributed by atoms with Gasteiger partial charge in [0.15, 0.2) is 0 Å². The van der Waals surface area contributed by atoms with E-state index in [9.17, 15) is 0 Å². The van der Waals surface area contributed by atoms with E-state index in [0.717, 1.165) is 30.0 Å². The van der Waals surface area contributed by atoms with Crippen LogP contribution in [0.3, 0.4) is 0 Å². The molecular formula is C16H19Cl2N3. The van der Waals surface area contributed by atoms with Crippen LogP contribution in [0.5, 0.6) is 0 Å². The van der Waals surface area contributed by atoms with Crippen molar-refractivity contribution in [1.29, 1.82) is 0 Å². The molecule has 0 aliphatic rings. The van der Waals surface area contributed by atoms with Crippen molar-refractivity contribution in [1.82, 2.24) is 15.3 Å². The van der Waals surface area contributed by atoms with E-state index in [1.807, 2.05) is 30.6 Å². The van der Waals surface area contributed by atoms with E-state index in [-0.39, 0.29) is 0 Å². The molecule has 1 N–H and O–H groups in total. The molecule has 0 saturated carbocycles. The maximum Gasteiger partial charge on any atom is 0.132 e. The summed E-state index contributed by atoms with van der Waals surface area (Å²) in [7, 11) is 0. The minimum absolute atomic E-state index is 0.540. The molecule has 0 saturated heterocycles. The van der Waals surface area contributed by atoms with Crippen molar-refractivity contribution < 1.29 is 0 Å². The average molecular weight is 324 g/mol. The van der Waals surface area contributed by atoms with Crippen molar-refractivity contribution in [3.8, 4) is 0 Å². The molecule has 1 aromatic heterocycles. The van der Waals surface area contributed by atoms with Gasteiger partial charge >= 0.3 is 0 Å². The fourth-order valence-corrected chi connectivity index (χ4v) is 2.46. The number of benzene rings is 1. The number of halogens is 2. The molecule has 0 amide bonds. The summed E-state index contributed by atoms with van der Waals surface area (Å²) in [5.41, 5.74) is 1.94. The summed E-state index contributed by atoms with van der Waals surface area (Å²) in [6, 6.07) is 5.48. The van der Waals surface area contributed by atoms with Crippen LogP contribution in [0.15, 0.2) is 30.6 Å². The van der Waals surface area contributed by atoms with Crippen LogP contribution >= 0.6 is 23.2 Å². The van der Waals surface area contributed by atoms with E-state index in [4.69, 9.17) is 23.2 Å². The van der Waals surface area contributed by atoms with Gasteiger partial charge in [-0.15, -0.1) is 0 Å². The van der Waals surface area contributed by atoms with Gasteiger partial charge in [-0.05, 0) is 30.2 Å². The number of rotatable bonds is 6. The Morgan fingerprint density at radius 3 is 2.29 bits per heavy atom. The Bertz CT molecular complexity index is 562. The Kier molecular flexibility index (Phi) is 5.97. The van der Waals surface area contributed by atoms with Crippen LogP contribution in [0, 0.1) is 5.92 Å². The minimum Gasteiger partial charge on any atom is -0.312 e. The Balaban J connectivity index is 1.99. The van der Waals surface area contributed by atoms with Crippen LogP contribution in [0.25, 0.3) is 0 Å². The Labute approximate surface area is 135 Å². The molecule has 3 nitrogen and oxygen atoms in total. The van der Waals surface area contributed by atoms with E-state index in [1.165, 1.54) is 0 Å². The molecule has 112 valence electrons. The van der Waals surface area contributed by atoms with E-state index >= 15 is 0 Å². The number of nitrogens with zero attached hydrogens (tertiary/aromatic N) is 2. The predicted molar refractivity (Wildman–Crippen MR) is 87.8 cm³/mol. The SMILES string of the molecule is CC(C)CNCc1cnc(Cc2c(Cl)cccc2Cl)nc1. The molecule has 1 aromatic carbocycles. The summed E-state index contributed by atoms with van der Waals surface area (Å²) < 4.78 is 0. The van der Waals surface area contributed by atoms with E-state index in [1.54, 1.807) is 0 Å². The third kappa shape index (κ3) is 4.95. The average Bonchev–Trinajstić information content (AvgIpc) is 2.44. The number of hydrogen-bond donors (Lipinski definition) is 1. The molecule has 0 fully saturated rings. The summed E-state index contributed by atoms with van der Waals surface area (Å²) >= 11 is 12.3. The Morgan fingerprint density at radius 2 is 1.71 bits per heavy atom. The molecule has 21 heavy (non-hydrogen) atoms. The van der Waals surface area contributed by atoms with Gasteiger partial charge in [-0.1, -0.05) is 43.1 Å². The number of aromatic nitrogens is 2. The van der Waals surface area contributed by atoms with Gasteiger partial charge in [-0.3, -0.25) is 0 Å². The maximum absolute atomic E-state index is 6.16. The normalized spacial score (nSPS) is 11.1. The first-order valence-electron chi connectivity index (χ1n) is 6.99. The lowest BCUT2D eigenvalue weighted by Gasteiger charge is -2.08. The molecule has 0 bridgehead atoms. The molecule has 0 unspecified atom stereocenters. The molecule has 5 heteroatoms. The fraction of sp³-hybridized carbons (Fsp3) is 0.375. The summed E-state index contributed by atoms with van der Waals surface area (Å²) in [4.78, 5) is 8.77. The zero-order valence-electron chi connectivity index (χ0n) is 12.2. The van der Waals surface area contributed by atoms with Crippen LogP contribution < -0.4 is 5.32 Å². The summed E-state index contributed by atoms with van der Waals surface area (Å²) in [6.07, 6.45) is 4.24. The lowest BCUT2D eigenvalue weighted by Crippen LogP contribution is -2.19. The monoisotopic (exact) mass is 323 g/mol. The van der Waals surface area contributed by atoms with E-state index in [2.05, 4.69) is 29.1 Å². The van der Waals surface area contributed by atoms with Gasteiger partial charge in [0.05, 0.1) is 0 Å². The van der Waals surface area contributed by atoms with Gasteiger partial charge < -0.3 is 5.32 Å². The molecule has 2 rings (SSSR count). The highest BCUT2D eigenvalue weighted by Gasteiger charge is 2.08. The zero-order chi connectivity index (χ0) is 15.2. The van der Waals surface area contributed by atoms with Gasteiger partial charge in [0, 0.05) is 41.0 Å². The Hall–Kier alpha value is -1.16. The summed E-state index contributed by atoms with van der Waals surface area (Å²) in [5.74, 6) is 1.35. The van der Waals surface area contributed by atoms with Crippen LogP contribution in [-0.2, 0) is 13.0 Å². The highest BCUT2D eigenvalue weighted by Crippen LogP contribution is 2.25. The number of nitrogens with one attached hydrogen (secondary N) is 1. The van der Waals surface area contributed by atoms with Crippen LogP contribution in [0.4, 0.5) is 0 Å². The third-order valence-corrected chi connectivity index (χ3v) is 3.75. The standard InChI is InChI=1S/C16H19Cl2N3/c1-11(2)7-19-8-12-9-20-16(21-10-12)6-13-14(17)4-3-5-15(13)18/h3-5,9-11,19H,6-8H2,1-2H3. The van der Waals surface area contributed by atoms with Crippen molar-refractivity contribution >= 4 is 23.2 Å². The molecule has 1 heterocycles. The Morgan fingerprint density at radius 1 is 1.10 bits per heavy atom. The van der Waals surface area contributed by atoms with Crippen molar-refractivity contribution in [2.45, 2.75) is 26.8 Å². The van der Waals surface area contributed by atoms with Crippen molar-refractivity contribution in [2.75, 3.05) is 6.54 Å². The largest absolute Gasteiger partial charge is 0.312 e. The summed E-state index contributed by atoms with van der Waals surface area (Å²) in [5, 5.41) is 4.66. The van der Waals surface area contributed by atoms with E-state index < -0.39 is 0 Å². The quantitative estimate of drug-likeness (QED) is 0.868. The molecule has 0 radical (unpaired) electrons. The maximum atomic E-state index is 6.16. The van der Waals surface area contributed by atoms with Gasteiger partial charge in [0.1, 0.15) is 5.82 Å². The number of hydrogen-bond acceptors (Lipinski definition) is 3. The second-order valence-electron chi connectivity index (χ2n) is 5.41. The van der Waals surface area contributed by atoms with Crippen LogP contribution in [-0.4, -0.2) is 16.5 Å². The lowest BCUT2D eigenvalue weighted by atomic mass is 10.1. The summed E-state index contributed by atoms with van der Waals surface area (Å²) in [6.45, 7) is 6.13. The highest BCUT2D eigenvalue weighted by atomic mass is 35.5. The second kappa shape index (κ2) is 7.74. The molecule has 0 aliphatic carbocycles. The zero-order valence-corrected chi connectivity index (χ0v) is 13.7. The second-order valence-corrected chi connectivity index (χ2v) is 6.22. The molecule has 2 aromatic rings. The van der Waals surface area contributed by atoms with Crippen molar-refractivity contribution in [3.63, 3.8) is 0 Å². The van der Waals surface area contributed by atoms with Gasteiger partial charge in [-0.2, -0.15) is 0 Å². The highest BCUT2D eigenvalue weighted by molar-refractivity contribution is 6.36. The smallest absolute Gasteiger partial charge is 0.132 e. The third-order valence-electron chi connectivity index (χ3n) is 3.04. The molecular weight excluding hydrogens is 305 g/mol. The van der Waals surface area contributed by atoms with E-state index in [0.29, 0.717) is 22.4 Å². The van der Waals surface area contributed by atoms with Crippen LogP contribution in [0.1, 0.15) is 30.8 Å². The van der Waals surface area contributed by atoms with Gasteiger partial charge in [0.25, 0.3) is 0 Å². The predicted octanol–water partition coefficient (Wildman–Crippen LogP) is 4.12. The van der Waals surface area contributed by atoms with Crippen molar-refractivity contribution in [3.05, 3.63) is 57.6 Å². The topological polar surface area (TPSA) is 37.8 Å². The first-order valence-corrected chi connectivity index (χ1v) is 7.75. The lowest BCUT2D eigenvalue weighted by molar-refractivity contribution is 0.551. The van der Waals surface area contributed by atoms with Crippen molar-refractivity contribution in [2.24, 2.45) is 5.92 Å². The molecule has 0 spiro atoms. The first-order chi connectivity index (χ1) is 10.1. The fourth-order valence-electron chi connectivity index (χ4n) is 1.93. The van der Waals surface area contributed by atoms with Gasteiger partial charge in [0.2, 0.25) is 0 Å². The molecule has 0 atom stereocenters. The molecule has 0 aliphatic heterocycles. The minimum atomic E-state index is 0.540.